The van der Waals surface area contributed by atoms with Crippen LogP contribution < -0.4 is 10.6 Å². The van der Waals surface area contributed by atoms with Crippen LogP contribution in [-0.2, 0) is 17.8 Å². The lowest BCUT2D eigenvalue weighted by Gasteiger charge is -2.14. The topological polar surface area (TPSA) is 54.0 Å². The fraction of sp³-hybridized carbons (Fsp3) is 0.143. The average molecular weight is 329 g/mol. The number of carbonyl (C=O) groups is 1. The van der Waals surface area contributed by atoms with Crippen LogP contribution in [0, 0.1) is 0 Å². The summed E-state index contributed by atoms with van der Waals surface area (Å²) in [5, 5.41) is 6.35. The number of benzene rings is 2. The van der Waals surface area contributed by atoms with E-state index in [1.54, 1.807) is 0 Å². The third kappa shape index (κ3) is 3.44. The molecule has 1 amide bonds. The van der Waals surface area contributed by atoms with Crippen molar-refractivity contribution in [3.63, 3.8) is 0 Å². The van der Waals surface area contributed by atoms with Gasteiger partial charge in [-0.25, -0.2) is 4.98 Å². The standard InChI is InChI=1S/C21H19N3O/c25-21-19(13-15-7-3-1-4-8-15)22-14-20-18(24-21)12-11-17(23-20)16-9-5-2-6-10-16/h1-12,19,22H,13-14H2,(H,24,25)/t19-/m1/s1. The molecule has 1 atom stereocenters. The van der Waals surface area contributed by atoms with Crippen molar-refractivity contribution in [3.8, 4) is 11.3 Å². The number of rotatable bonds is 3. The molecule has 4 heteroatoms. The quantitative estimate of drug-likeness (QED) is 0.774. The van der Waals surface area contributed by atoms with Crippen LogP contribution in [0.4, 0.5) is 5.69 Å². The summed E-state index contributed by atoms with van der Waals surface area (Å²) in [6, 6.07) is 23.7. The fourth-order valence-corrected chi connectivity index (χ4v) is 3.07. The number of pyridine rings is 1. The highest BCUT2D eigenvalue weighted by Crippen LogP contribution is 2.23. The van der Waals surface area contributed by atoms with Crippen LogP contribution in [0.25, 0.3) is 11.3 Å². The Morgan fingerprint density at radius 3 is 2.40 bits per heavy atom. The van der Waals surface area contributed by atoms with Crippen molar-refractivity contribution < 1.29 is 4.79 Å². The summed E-state index contributed by atoms with van der Waals surface area (Å²) in [5.41, 5.74) is 4.77. The Balaban J connectivity index is 1.56. The summed E-state index contributed by atoms with van der Waals surface area (Å²) in [6.45, 7) is 0.562. The minimum Gasteiger partial charge on any atom is -0.323 e. The first-order valence-electron chi connectivity index (χ1n) is 8.43. The number of hydrogen-bond donors (Lipinski definition) is 2. The number of anilines is 1. The molecule has 1 aliphatic heterocycles. The monoisotopic (exact) mass is 329 g/mol. The zero-order valence-corrected chi connectivity index (χ0v) is 13.8. The molecule has 0 fully saturated rings. The zero-order valence-electron chi connectivity index (χ0n) is 13.8. The molecule has 2 heterocycles. The lowest BCUT2D eigenvalue weighted by atomic mass is 10.1. The molecule has 0 radical (unpaired) electrons. The molecule has 0 bridgehead atoms. The van der Waals surface area contributed by atoms with Crippen molar-refractivity contribution >= 4 is 11.6 Å². The minimum absolute atomic E-state index is 0.0168. The van der Waals surface area contributed by atoms with Gasteiger partial charge in [-0.05, 0) is 24.1 Å². The van der Waals surface area contributed by atoms with E-state index >= 15 is 0 Å². The number of nitrogens with one attached hydrogen (secondary N) is 2. The molecule has 4 rings (SSSR count). The lowest BCUT2D eigenvalue weighted by Crippen LogP contribution is -2.39. The molecule has 0 saturated heterocycles. The first-order valence-corrected chi connectivity index (χ1v) is 8.43. The maximum atomic E-state index is 12.5. The van der Waals surface area contributed by atoms with Crippen LogP contribution in [0.5, 0.6) is 0 Å². The van der Waals surface area contributed by atoms with Crippen molar-refractivity contribution in [2.75, 3.05) is 5.32 Å². The first-order chi connectivity index (χ1) is 12.3. The summed E-state index contributed by atoms with van der Waals surface area (Å²) in [4.78, 5) is 17.3. The molecule has 0 aliphatic carbocycles. The van der Waals surface area contributed by atoms with E-state index < -0.39 is 0 Å². The maximum absolute atomic E-state index is 12.5. The van der Waals surface area contributed by atoms with Crippen LogP contribution in [0.2, 0.25) is 0 Å². The van der Waals surface area contributed by atoms with E-state index in [1.165, 1.54) is 0 Å². The predicted molar refractivity (Wildman–Crippen MR) is 99.1 cm³/mol. The second-order valence-corrected chi connectivity index (χ2v) is 6.17. The Hall–Kier alpha value is -2.98. The third-order valence-electron chi connectivity index (χ3n) is 4.42. The number of aromatic nitrogens is 1. The van der Waals surface area contributed by atoms with Crippen LogP contribution in [0.3, 0.4) is 0 Å². The molecule has 0 saturated carbocycles. The van der Waals surface area contributed by atoms with Gasteiger partial charge < -0.3 is 5.32 Å². The van der Waals surface area contributed by atoms with E-state index in [-0.39, 0.29) is 11.9 Å². The van der Waals surface area contributed by atoms with Gasteiger partial charge in [0.2, 0.25) is 5.91 Å². The lowest BCUT2D eigenvalue weighted by molar-refractivity contribution is -0.118. The van der Waals surface area contributed by atoms with Gasteiger partial charge in [0.1, 0.15) is 0 Å². The summed E-state index contributed by atoms with van der Waals surface area (Å²) in [5.74, 6) is -0.0168. The molecule has 124 valence electrons. The summed E-state index contributed by atoms with van der Waals surface area (Å²) in [6.07, 6.45) is 0.659. The van der Waals surface area contributed by atoms with E-state index in [2.05, 4.69) is 10.6 Å². The Kier molecular flexibility index (Phi) is 4.27. The van der Waals surface area contributed by atoms with Gasteiger partial charge in [-0.1, -0.05) is 60.7 Å². The molecular formula is C21H19N3O. The van der Waals surface area contributed by atoms with Crippen LogP contribution in [-0.4, -0.2) is 16.9 Å². The predicted octanol–water partition coefficient (Wildman–Crippen LogP) is 3.40. The van der Waals surface area contributed by atoms with Gasteiger partial charge in [-0.3, -0.25) is 10.1 Å². The molecule has 1 aromatic heterocycles. The highest BCUT2D eigenvalue weighted by Gasteiger charge is 2.24. The Labute approximate surface area is 146 Å². The SMILES string of the molecule is O=C1Nc2ccc(-c3ccccc3)nc2CN[C@@H]1Cc1ccccc1. The van der Waals surface area contributed by atoms with Gasteiger partial charge in [0, 0.05) is 12.1 Å². The van der Waals surface area contributed by atoms with Gasteiger partial charge in [0.05, 0.1) is 23.1 Å². The van der Waals surface area contributed by atoms with Crippen molar-refractivity contribution in [2.45, 2.75) is 19.0 Å². The molecule has 2 aromatic carbocycles. The Morgan fingerprint density at radius 1 is 0.920 bits per heavy atom. The Bertz CT molecular complexity index is 878. The second-order valence-electron chi connectivity index (χ2n) is 6.17. The molecule has 25 heavy (non-hydrogen) atoms. The van der Waals surface area contributed by atoms with Crippen LogP contribution in [0.15, 0.2) is 72.8 Å². The highest BCUT2D eigenvalue weighted by atomic mass is 16.2. The summed E-state index contributed by atoms with van der Waals surface area (Å²) >= 11 is 0. The smallest absolute Gasteiger partial charge is 0.241 e. The van der Waals surface area contributed by atoms with Crippen molar-refractivity contribution in [1.29, 1.82) is 0 Å². The largest absolute Gasteiger partial charge is 0.323 e. The number of nitrogens with zero attached hydrogens (tertiary/aromatic N) is 1. The van der Waals surface area contributed by atoms with Gasteiger partial charge >= 0.3 is 0 Å². The number of amides is 1. The second kappa shape index (κ2) is 6.87. The first kappa shape index (κ1) is 15.5. The number of carbonyl (C=O) groups excluding carboxylic acids is 1. The number of hydrogen-bond acceptors (Lipinski definition) is 3. The van der Waals surface area contributed by atoms with Crippen molar-refractivity contribution in [2.24, 2.45) is 0 Å². The molecule has 4 nitrogen and oxygen atoms in total. The van der Waals surface area contributed by atoms with Crippen molar-refractivity contribution in [1.82, 2.24) is 10.3 Å². The highest BCUT2D eigenvalue weighted by molar-refractivity contribution is 5.96. The normalized spacial score (nSPS) is 16.6. The van der Waals surface area contributed by atoms with E-state index in [9.17, 15) is 4.79 Å². The third-order valence-corrected chi connectivity index (χ3v) is 4.42. The van der Waals surface area contributed by atoms with Gasteiger partial charge in [-0.15, -0.1) is 0 Å². The molecular weight excluding hydrogens is 310 g/mol. The molecule has 1 aliphatic rings. The summed E-state index contributed by atoms with van der Waals surface area (Å²) < 4.78 is 0. The number of fused-ring (bicyclic) bond motifs is 1. The van der Waals surface area contributed by atoms with E-state index in [1.807, 2.05) is 72.8 Å². The van der Waals surface area contributed by atoms with E-state index in [0.29, 0.717) is 13.0 Å². The van der Waals surface area contributed by atoms with E-state index in [4.69, 9.17) is 4.98 Å². The zero-order chi connectivity index (χ0) is 17.1. The van der Waals surface area contributed by atoms with Gasteiger partial charge in [-0.2, -0.15) is 0 Å². The molecule has 2 N–H and O–H groups in total. The van der Waals surface area contributed by atoms with Gasteiger partial charge in [0.25, 0.3) is 0 Å². The molecule has 3 aromatic rings. The minimum atomic E-state index is -0.267. The molecule has 0 unspecified atom stereocenters. The molecule has 0 spiro atoms. The summed E-state index contributed by atoms with van der Waals surface area (Å²) in [7, 11) is 0. The maximum Gasteiger partial charge on any atom is 0.241 e. The van der Waals surface area contributed by atoms with Crippen LogP contribution >= 0.6 is 0 Å². The fourth-order valence-electron chi connectivity index (χ4n) is 3.07. The Morgan fingerprint density at radius 2 is 1.64 bits per heavy atom. The van der Waals surface area contributed by atoms with Crippen LogP contribution in [0.1, 0.15) is 11.3 Å². The van der Waals surface area contributed by atoms with Crippen molar-refractivity contribution in [3.05, 3.63) is 84.1 Å². The van der Waals surface area contributed by atoms with E-state index in [0.717, 1.165) is 28.2 Å². The average Bonchev–Trinajstić information content (AvgIpc) is 2.82. The van der Waals surface area contributed by atoms with Gasteiger partial charge in [0.15, 0.2) is 0 Å².